The summed E-state index contributed by atoms with van der Waals surface area (Å²) >= 11 is 0. The molecule has 1 aliphatic heterocycles. The number of benzene rings is 2. The van der Waals surface area contributed by atoms with E-state index < -0.39 is 5.92 Å². The van der Waals surface area contributed by atoms with E-state index in [4.69, 9.17) is 0 Å². The van der Waals surface area contributed by atoms with Crippen LogP contribution in [0.4, 0.5) is 5.69 Å². The Labute approximate surface area is 183 Å². The predicted octanol–water partition coefficient (Wildman–Crippen LogP) is 3.74. The summed E-state index contributed by atoms with van der Waals surface area (Å²) in [5.41, 5.74) is 2.00. The highest BCUT2D eigenvalue weighted by Gasteiger charge is 2.34. The van der Waals surface area contributed by atoms with Crippen LogP contribution in [-0.2, 0) is 16.1 Å². The molecule has 2 N–H and O–H groups in total. The molecule has 2 aromatic rings. The fraction of sp³-hybridized carbons (Fsp3) is 0.400. The van der Waals surface area contributed by atoms with Crippen molar-refractivity contribution in [1.82, 2.24) is 10.2 Å². The van der Waals surface area contributed by atoms with Crippen LogP contribution < -0.4 is 10.6 Å². The first-order valence-electron chi connectivity index (χ1n) is 11.1. The number of carbonyl (C=O) groups is 3. The molecular formula is C25H29N3O3. The summed E-state index contributed by atoms with van der Waals surface area (Å²) in [5.74, 6) is -0.823. The highest BCUT2D eigenvalue weighted by atomic mass is 16.2. The summed E-state index contributed by atoms with van der Waals surface area (Å²) in [5, 5.41) is 6.00. The molecule has 1 atom stereocenters. The maximum absolute atomic E-state index is 12.9. The van der Waals surface area contributed by atoms with Crippen molar-refractivity contribution in [2.75, 3.05) is 11.9 Å². The fourth-order valence-electron chi connectivity index (χ4n) is 4.44. The van der Waals surface area contributed by atoms with Crippen molar-refractivity contribution in [2.45, 2.75) is 51.1 Å². The van der Waals surface area contributed by atoms with E-state index in [1.807, 2.05) is 30.3 Å². The number of hydrogen-bond acceptors (Lipinski definition) is 3. The summed E-state index contributed by atoms with van der Waals surface area (Å²) in [6.45, 7) is 0.889. The van der Waals surface area contributed by atoms with Gasteiger partial charge in [-0.15, -0.1) is 0 Å². The SMILES string of the molecule is O=C(NC1CCCCC1)c1ccccc1NC(=O)[C@H]1CC(=O)N(Cc2ccccc2)C1. The summed E-state index contributed by atoms with van der Waals surface area (Å²) in [6, 6.07) is 17.0. The van der Waals surface area contributed by atoms with Crippen LogP contribution in [0, 0.1) is 5.92 Å². The van der Waals surface area contributed by atoms with E-state index >= 15 is 0 Å². The third-order valence-corrected chi connectivity index (χ3v) is 6.17. The predicted molar refractivity (Wildman–Crippen MR) is 119 cm³/mol. The Morgan fingerprint density at radius 3 is 2.42 bits per heavy atom. The average Bonchev–Trinajstić information content (AvgIpc) is 3.16. The van der Waals surface area contributed by atoms with Crippen LogP contribution in [-0.4, -0.2) is 35.2 Å². The Balaban J connectivity index is 1.38. The van der Waals surface area contributed by atoms with Crippen molar-refractivity contribution in [2.24, 2.45) is 5.92 Å². The molecule has 0 unspecified atom stereocenters. The van der Waals surface area contributed by atoms with Crippen molar-refractivity contribution in [1.29, 1.82) is 0 Å². The van der Waals surface area contributed by atoms with Gasteiger partial charge in [-0.25, -0.2) is 0 Å². The quantitative estimate of drug-likeness (QED) is 0.749. The molecule has 1 saturated carbocycles. The molecule has 6 heteroatoms. The van der Waals surface area contributed by atoms with E-state index in [2.05, 4.69) is 10.6 Å². The summed E-state index contributed by atoms with van der Waals surface area (Å²) in [7, 11) is 0. The molecule has 4 rings (SSSR count). The molecule has 0 spiro atoms. The van der Waals surface area contributed by atoms with Crippen molar-refractivity contribution in [3.05, 3.63) is 65.7 Å². The minimum absolute atomic E-state index is 0.0210. The van der Waals surface area contributed by atoms with Crippen LogP contribution >= 0.6 is 0 Å². The van der Waals surface area contributed by atoms with Gasteiger partial charge in [0, 0.05) is 25.6 Å². The summed E-state index contributed by atoms with van der Waals surface area (Å²) in [6.07, 6.45) is 5.69. The molecule has 0 bridgehead atoms. The lowest BCUT2D eigenvalue weighted by molar-refractivity contribution is -0.128. The molecule has 162 valence electrons. The van der Waals surface area contributed by atoms with Gasteiger partial charge in [-0.05, 0) is 30.5 Å². The number of para-hydroxylation sites is 1. The van der Waals surface area contributed by atoms with Crippen LogP contribution in [0.3, 0.4) is 0 Å². The number of likely N-dealkylation sites (tertiary alicyclic amines) is 1. The number of nitrogens with zero attached hydrogens (tertiary/aromatic N) is 1. The number of amides is 3. The van der Waals surface area contributed by atoms with E-state index in [0.717, 1.165) is 31.2 Å². The zero-order chi connectivity index (χ0) is 21.6. The molecule has 31 heavy (non-hydrogen) atoms. The molecule has 2 fully saturated rings. The Bertz CT molecular complexity index is 938. The number of carbonyl (C=O) groups excluding carboxylic acids is 3. The molecule has 2 aliphatic rings. The monoisotopic (exact) mass is 419 g/mol. The van der Waals surface area contributed by atoms with Gasteiger partial charge >= 0.3 is 0 Å². The third-order valence-electron chi connectivity index (χ3n) is 6.17. The lowest BCUT2D eigenvalue weighted by Crippen LogP contribution is -2.36. The Morgan fingerprint density at radius 1 is 0.935 bits per heavy atom. The molecule has 1 saturated heterocycles. The van der Waals surface area contributed by atoms with Gasteiger partial charge in [0.2, 0.25) is 11.8 Å². The molecule has 6 nitrogen and oxygen atoms in total. The topological polar surface area (TPSA) is 78.5 Å². The average molecular weight is 420 g/mol. The van der Waals surface area contributed by atoms with E-state index in [1.165, 1.54) is 6.42 Å². The highest BCUT2D eigenvalue weighted by molar-refractivity contribution is 6.05. The van der Waals surface area contributed by atoms with Crippen molar-refractivity contribution in [3.8, 4) is 0 Å². The van der Waals surface area contributed by atoms with Gasteiger partial charge in [0.15, 0.2) is 0 Å². The van der Waals surface area contributed by atoms with Crippen LogP contribution in [0.25, 0.3) is 0 Å². The Hall–Kier alpha value is -3.15. The van der Waals surface area contributed by atoms with Gasteiger partial charge < -0.3 is 15.5 Å². The number of anilines is 1. The number of hydrogen-bond donors (Lipinski definition) is 2. The smallest absolute Gasteiger partial charge is 0.253 e. The van der Waals surface area contributed by atoms with Crippen molar-refractivity contribution >= 4 is 23.4 Å². The third kappa shape index (κ3) is 5.32. The lowest BCUT2D eigenvalue weighted by Gasteiger charge is -2.23. The second kappa shape index (κ2) is 9.77. The fourth-order valence-corrected chi connectivity index (χ4v) is 4.44. The molecule has 1 aliphatic carbocycles. The molecule has 3 amide bonds. The molecule has 0 radical (unpaired) electrons. The number of nitrogens with one attached hydrogen (secondary N) is 2. The van der Waals surface area contributed by atoms with Crippen molar-refractivity contribution < 1.29 is 14.4 Å². The Morgan fingerprint density at radius 2 is 1.65 bits per heavy atom. The maximum Gasteiger partial charge on any atom is 0.253 e. The number of rotatable bonds is 6. The normalized spacial score (nSPS) is 19.3. The summed E-state index contributed by atoms with van der Waals surface area (Å²) < 4.78 is 0. The standard InChI is InChI=1S/C25H29N3O3/c29-23-15-19(17-28(23)16-18-9-3-1-4-10-18)24(30)27-22-14-8-7-13-21(22)25(31)26-20-11-5-2-6-12-20/h1,3-4,7-10,13-14,19-20H,2,5-6,11-12,15-17H2,(H,26,31)(H,27,30)/t19-/m0/s1. The molecule has 2 aromatic carbocycles. The first kappa shape index (κ1) is 21.1. The largest absolute Gasteiger partial charge is 0.349 e. The highest BCUT2D eigenvalue weighted by Crippen LogP contribution is 2.24. The van der Waals surface area contributed by atoms with Gasteiger partial charge in [-0.2, -0.15) is 0 Å². The maximum atomic E-state index is 12.9. The zero-order valence-corrected chi connectivity index (χ0v) is 17.7. The first-order valence-corrected chi connectivity index (χ1v) is 11.1. The minimum atomic E-state index is -0.425. The second-order valence-electron chi connectivity index (χ2n) is 8.50. The Kier molecular flexibility index (Phi) is 6.65. The van der Waals surface area contributed by atoms with Crippen LogP contribution in [0.1, 0.15) is 54.4 Å². The van der Waals surface area contributed by atoms with Gasteiger partial charge in [-0.1, -0.05) is 61.7 Å². The lowest BCUT2D eigenvalue weighted by atomic mass is 9.95. The van der Waals surface area contributed by atoms with Crippen LogP contribution in [0.15, 0.2) is 54.6 Å². The van der Waals surface area contributed by atoms with Crippen LogP contribution in [0.5, 0.6) is 0 Å². The zero-order valence-electron chi connectivity index (χ0n) is 17.7. The van der Waals surface area contributed by atoms with Crippen LogP contribution in [0.2, 0.25) is 0 Å². The minimum Gasteiger partial charge on any atom is -0.349 e. The second-order valence-corrected chi connectivity index (χ2v) is 8.50. The van der Waals surface area contributed by atoms with Gasteiger partial charge in [0.05, 0.1) is 17.2 Å². The van der Waals surface area contributed by atoms with Gasteiger partial charge in [-0.3, -0.25) is 14.4 Å². The van der Waals surface area contributed by atoms with Gasteiger partial charge in [0.25, 0.3) is 5.91 Å². The summed E-state index contributed by atoms with van der Waals surface area (Å²) in [4.78, 5) is 39.9. The molecule has 0 aromatic heterocycles. The van der Waals surface area contributed by atoms with Gasteiger partial charge in [0.1, 0.15) is 0 Å². The van der Waals surface area contributed by atoms with Crippen molar-refractivity contribution in [3.63, 3.8) is 0 Å². The first-order chi connectivity index (χ1) is 15.1. The van der Waals surface area contributed by atoms with E-state index in [0.29, 0.717) is 24.3 Å². The van der Waals surface area contributed by atoms with E-state index in [9.17, 15) is 14.4 Å². The molecule has 1 heterocycles. The van der Waals surface area contributed by atoms with E-state index in [1.54, 1.807) is 29.2 Å². The van der Waals surface area contributed by atoms with E-state index in [-0.39, 0.29) is 30.2 Å². The molecular weight excluding hydrogens is 390 g/mol.